The molecule has 4 heteroatoms. The number of nitrogens with zero attached hydrogens (tertiary/aromatic N) is 2. The summed E-state index contributed by atoms with van der Waals surface area (Å²) < 4.78 is 8.09. The smallest absolute Gasteiger partial charge is 0.124 e. The summed E-state index contributed by atoms with van der Waals surface area (Å²) in [7, 11) is 0. The van der Waals surface area contributed by atoms with Crippen LogP contribution in [0.5, 0.6) is 0 Å². The standard InChI is InChI=1S/C16H25N3O/c1-11-7-14(9-19-10-17-12(2)13(19)3)20-15(11)8-18-16(4,5)6/h7,10,18H,8-9H2,1-6H3. The Bertz CT molecular complexity index is 587. The van der Waals surface area contributed by atoms with Crippen LogP contribution in [0.3, 0.4) is 0 Å². The van der Waals surface area contributed by atoms with Crippen LogP contribution in [-0.2, 0) is 13.1 Å². The molecule has 0 spiro atoms. The van der Waals surface area contributed by atoms with Crippen LogP contribution in [0.4, 0.5) is 0 Å². The van der Waals surface area contributed by atoms with Crippen LogP contribution in [0.1, 0.15) is 49.2 Å². The Morgan fingerprint density at radius 2 is 1.95 bits per heavy atom. The minimum Gasteiger partial charge on any atom is -0.463 e. The number of imidazole rings is 1. The van der Waals surface area contributed by atoms with Crippen molar-refractivity contribution in [2.45, 2.75) is 60.2 Å². The van der Waals surface area contributed by atoms with E-state index in [1.807, 2.05) is 13.3 Å². The molecule has 4 nitrogen and oxygen atoms in total. The molecule has 0 amide bonds. The molecule has 0 radical (unpaired) electrons. The van der Waals surface area contributed by atoms with Gasteiger partial charge in [0.25, 0.3) is 0 Å². The van der Waals surface area contributed by atoms with E-state index in [0.29, 0.717) is 0 Å². The van der Waals surface area contributed by atoms with Crippen molar-refractivity contribution in [1.29, 1.82) is 0 Å². The molecule has 0 saturated heterocycles. The minimum absolute atomic E-state index is 0.0947. The molecule has 20 heavy (non-hydrogen) atoms. The zero-order chi connectivity index (χ0) is 14.9. The number of hydrogen-bond acceptors (Lipinski definition) is 3. The lowest BCUT2D eigenvalue weighted by Gasteiger charge is -2.19. The molecule has 1 N–H and O–H groups in total. The fourth-order valence-corrected chi connectivity index (χ4v) is 2.06. The summed E-state index contributed by atoms with van der Waals surface area (Å²) in [5.74, 6) is 2.00. The van der Waals surface area contributed by atoms with E-state index in [2.05, 4.69) is 55.6 Å². The molecule has 0 fully saturated rings. The predicted octanol–water partition coefficient (Wildman–Crippen LogP) is 3.34. The first-order valence-corrected chi connectivity index (χ1v) is 7.08. The summed E-state index contributed by atoms with van der Waals surface area (Å²) in [5, 5.41) is 3.46. The van der Waals surface area contributed by atoms with Crippen LogP contribution >= 0.6 is 0 Å². The van der Waals surface area contributed by atoms with Crippen LogP contribution < -0.4 is 5.32 Å². The van der Waals surface area contributed by atoms with Gasteiger partial charge in [-0.05, 0) is 53.2 Å². The molecule has 2 aromatic rings. The Morgan fingerprint density at radius 3 is 2.50 bits per heavy atom. The van der Waals surface area contributed by atoms with E-state index in [1.54, 1.807) is 0 Å². The highest BCUT2D eigenvalue weighted by atomic mass is 16.3. The van der Waals surface area contributed by atoms with E-state index in [-0.39, 0.29) is 5.54 Å². The summed E-state index contributed by atoms with van der Waals surface area (Å²) in [6, 6.07) is 2.12. The summed E-state index contributed by atoms with van der Waals surface area (Å²) in [6.45, 7) is 14.2. The zero-order valence-corrected chi connectivity index (χ0v) is 13.4. The van der Waals surface area contributed by atoms with Crippen LogP contribution in [0.2, 0.25) is 0 Å². The highest BCUT2D eigenvalue weighted by Gasteiger charge is 2.13. The highest BCUT2D eigenvalue weighted by molar-refractivity contribution is 5.21. The maximum absolute atomic E-state index is 5.97. The average Bonchev–Trinajstić information content (AvgIpc) is 2.83. The molecule has 2 rings (SSSR count). The molecule has 0 atom stereocenters. The molecule has 0 aliphatic carbocycles. The van der Waals surface area contributed by atoms with Crippen LogP contribution in [0.25, 0.3) is 0 Å². The fourth-order valence-electron chi connectivity index (χ4n) is 2.06. The fraction of sp³-hybridized carbons (Fsp3) is 0.562. The zero-order valence-electron chi connectivity index (χ0n) is 13.4. The second kappa shape index (κ2) is 5.44. The van der Waals surface area contributed by atoms with Crippen molar-refractivity contribution in [3.8, 4) is 0 Å². The SMILES string of the molecule is Cc1cc(Cn2cnc(C)c2C)oc1CNC(C)(C)C. The molecule has 0 aliphatic heterocycles. The normalized spacial score (nSPS) is 12.1. The van der Waals surface area contributed by atoms with E-state index in [4.69, 9.17) is 4.42 Å². The number of aromatic nitrogens is 2. The van der Waals surface area contributed by atoms with Crippen molar-refractivity contribution in [1.82, 2.24) is 14.9 Å². The van der Waals surface area contributed by atoms with Gasteiger partial charge in [-0.15, -0.1) is 0 Å². The molecule has 0 aliphatic rings. The molecule has 0 bridgehead atoms. The number of nitrogens with one attached hydrogen (secondary N) is 1. The Hall–Kier alpha value is -1.55. The van der Waals surface area contributed by atoms with Gasteiger partial charge in [0.1, 0.15) is 11.5 Å². The number of hydrogen-bond donors (Lipinski definition) is 1. The van der Waals surface area contributed by atoms with E-state index >= 15 is 0 Å². The third-order valence-electron chi connectivity index (χ3n) is 3.52. The first kappa shape index (κ1) is 14.9. The topological polar surface area (TPSA) is 43.0 Å². The lowest BCUT2D eigenvalue weighted by Crippen LogP contribution is -2.35. The third kappa shape index (κ3) is 3.51. The lowest BCUT2D eigenvalue weighted by molar-refractivity contribution is 0.374. The highest BCUT2D eigenvalue weighted by Crippen LogP contribution is 2.18. The van der Waals surface area contributed by atoms with Gasteiger partial charge < -0.3 is 14.3 Å². The summed E-state index contributed by atoms with van der Waals surface area (Å²) >= 11 is 0. The lowest BCUT2D eigenvalue weighted by atomic mass is 10.1. The molecular formula is C16H25N3O. The van der Waals surface area contributed by atoms with Crippen molar-refractivity contribution < 1.29 is 4.42 Å². The molecular weight excluding hydrogens is 250 g/mol. The van der Waals surface area contributed by atoms with Gasteiger partial charge in [-0.2, -0.15) is 0 Å². The van der Waals surface area contributed by atoms with E-state index in [1.165, 1.54) is 11.3 Å². The van der Waals surface area contributed by atoms with Gasteiger partial charge in [0.2, 0.25) is 0 Å². The molecule has 0 saturated carbocycles. The Labute approximate surface area is 121 Å². The average molecular weight is 275 g/mol. The van der Waals surface area contributed by atoms with E-state index in [0.717, 1.165) is 30.3 Å². The first-order chi connectivity index (χ1) is 9.26. The van der Waals surface area contributed by atoms with Crippen LogP contribution in [0, 0.1) is 20.8 Å². The van der Waals surface area contributed by atoms with E-state index < -0.39 is 0 Å². The van der Waals surface area contributed by atoms with Crippen molar-refractivity contribution in [2.24, 2.45) is 0 Å². The van der Waals surface area contributed by atoms with Crippen LogP contribution in [0.15, 0.2) is 16.8 Å². The van der Waals surface area contributed by atoms with Crippen LogP contribution in [-0.4, -0.2) is 15.1 Å². The van der Waals surface area contributed by atoms with Gasteiger partial charge in [-0.3, -0.25) is 0 Å². The largest absolute Gasteiger partial charge is 0.463 e. The van der Waals surface area contributed by atoms with Gasteiger partial charge >= 0.3 is 0 Å². The third-order valence-corrected chi connectivity index (χ3v) is 3.52. The Balaban J connectivity index is 2.09. The van der Waals surface area contributed by atoms with Gasteiger partial charge in [0.05, 0.1) is 25.1 Å². The summed E-state index contributed by atoms with van der Waals surface area (Å²) in [5.41, 5.74) is 3.56. The van der Waals surface area contributed by atoms with E-state index in [9.17, 15) is 0 Å². The quantitative estimate of drug-likeness (QED) is 0.930. The monoisotopic (exact) mass is 275 g/mol. The van der Waals surface area contributed by atoms with Gasteiger partial charge in [-0.25, -0.2) is 4.98 Å². The summed E-state index contributed by atoms with van der Waals surface area (Å²) in [4.78, 5) is 4.32. The molecule has 0 aromatic carbocycles. The van der Waals surface area contributed by atoms with Gasteiger partial charge in [-0.1, -0.05) is 0 Å². The van der Waals surface area contributed by atoms with Crippen molar-refractivity contribution in [3.05, 3.63) is 40.9 Å². The minimum atomic E-state index is 0.0947. The van der Waals surface area contributed by atoms with Gasteiger partial charge in [0.15, 0.2) is 0 Å². The summed E-state index contributed by atoms with van der Waals surface area (Å²) in [6.07, 6.45) is 1.87. The first-order valence-electron chi connectivity index (χ1n) is 7.08. The molecule has 110 valence electrons. The molecule has 2 aromatic heterocycles. The number of furan rings is 1. The van der Waals surface area contributed by atoms with Crippen molar-refractivity contribution >= 4 is 0 Å². The molecule has 0 unspecified atom stereocenters. The molecule has 2 heterocycles. The van der Waals surface area contributed by atoms with Gasteiger partial charge in [0, 0.05) is 11.2 Å². The predicted molar refractivity (Wildman–Crippen MR) is 80.8 cm³/mol. The van der Waals surface area contributed by atoms with Crippen molar-refractivity contribution in [2.75, 3.05) is 0 Å². The van der Waals surface area contributed by atoms with Crippen molar-refractivity contribution in [3.63, 3.8) is 0 Å². The maximum Gasteiger partial charge on any atom is 0.124 e. The maximum atomic E-state index is 5.97. The second-order valence-corrected chi connectivity index (χ2v) is 6.47. The Kier molecular flexibility index (Phi) is 4.04. The second-order valence-electron chi connectivity index (χ2n) is 6.47. The number of rotatable bonds is 4. The number of aryl methyl sites for hydroxylation is 2. The Morgan fingerprint density at radius 1 is 1.25 bits per heavy atom.